The van der Waals surface area contributed by atoms with Gasteiger partial charge in [-0.25, -0.2) is 9.37 Å². The van der Waals surface area contributed by atoms with Gasteiger partial charge >= 0.3 is 0 Å². The summed E-state index contributed by atoms with van der Waals surface area (Å²) in [5.41, 5.74) is 9.97. The summed E-state index contributed by atoms with van der Waals surface area (Å²) in [6.45, 7) is 8.22. The number of nitrogens with one attached hydrogen (secondary N) is 2. The Kier molecular flexibility index (Phi) is 7.77. The fraction of sp³-hybridized carbons (Fsp3) is 0.241. The lowest BCUT2D eigenvalue weighted by molar-refractivity contribution is 0.229. The molecular weight excluding hydrogens is 469 g/mol. The van der Waals surface area contributed by atoms with Gasteiger partial charge in [-0.3, -0.25) is 5.41 Å². The summed E-state index contributed by atoms with van der Waals surface area (Å²) in [4.78, 5) is 10.0. The van der Waals surface area contributed by atoms with E-state index in [-0.39, 0.29) is 29.9 Å². The summed E-state index contributed by atoms with van der Waals surface area (Å²) in [5.74, 6) is 0.741. The molecule has 0 fully saturated rings. The standard InChI is InChI=1S/C29H32FN5O2/c1-5-36-23-15-24(27(30)25(16-23)37-18(2)3)35(22-13-11-21(12-14-22)29(31)32)17-26-33-19(4)28(34-26)20-9-7-6-8-10-20/h6-16,18H,5,17H2,1-4H3,(H3,31,32)(H,33,34). The normalized spacial score (nSPS) is 11.0. The molecule has 4 N–H and O–H groups in total. The van der Waals surface area contributed by atoms with Crippen LogP contribution >= 0.6 is 0 Å². The number of imidazole rings is 1. The first-order valence-corrected chi connectivity index (χ1v) is 12.2. The van der Waals surface area contributed by atoms with Crippen molar-refractivity contribution in [2.45, 2.75) is 40.3 Å². The molecular formula is C29H32FN5O2. The van der Waals surface area contributed by atoms with Crippen molar-refractivity contribution in [3.8, 4) is 22.8 Å². The Labute approximate surface area is 216 Å². The van der Waals surface area contributed by atoms with Crippen LogP contribution in [0.5, 0.6) is 11.5 Å². The third kappa shape index (κ3) is 5.91. The Morgan fingerprint density at radius 2 is 1.81 bits per heavy atom. The van der Waals surface area contributed by atoms with Gasteiger partial charge in [-0.05, 0) is 52.0 Å². The van der Waals surface area contributed by atoms with Gasteiger partial charge in [0.25, 0.3) is 0 Å². The average molecular weight is 502 g/mol. The zero-order valence-corrected chi connectivity index (χ0v) is 21.5. The number of rotatable bonds is 10. The van der Waals surface area contributed by atoms with Crippen LogP contribution in [0.4, 0.5) is 15.8 Å². The number of halogens is 1. The molecule has 0 bridgehead atoms. The number of ether oxygens (including phenoxy) is 2. The number of hydrogen-bond acceptors (Lipinski definition) is 5. The highest BCUT2D eigenvalue weighted by Gasteiger charge is 2.23. The van der Waals surface area contributed by atoms with Crippen LogP contribution in [0.2, 0.25) is 0 Å². The van der Waals surface area contributed by atoms with E-state index in [1.807, 2.05) is 62.9 Å². The lowest BCUT2D eigenvalue weighted by Gasteiger charge is -2.26. The van der Waals surface area contributed by atoms with E-state index in [0.717, 1.165) is 17.0 Å². The van der Waals surface area contributed by atoms with Crippen LogP contribution in [-0.4, -0.2) is 28.5 Å². The minimum Gasteiger partial charge on any atom is -0.494 e. The molecule has 1 heterocycles. The predicted octanol–water partition coefficient (Wildman–Crippen LogP) is 6.33. The number of anilines is 2. The van der Waals surface area contributed by atoms with E-state index in [0.29, 0.717) is 29.4 Å². The number of hydrogen-bond donors (Lipinski definition) is 3. The van der Waals surface area contributed by atoms with Crippen LogP contribution in [0.3, 0.4) is 0 Å². The molecule has 0 radical (unpaired) electrons. The number of nitrogens with two attached hydrogens (primary N) is 1. The van der Waals surface area contributed by atoms with Crippen LogP contribution in [0.1, 0.15) is 37.9 Å². The SMILES string of the molecule is CCOc1cc(OC(C)C)c(F)c(N(Cc2nc(-c3ccccc3)c(C)[nH]2)c2ccc(C(=N)N)cc2)c1. The van der Waals surface area contributed by atoms with E-state index in [1.165, 1.54) is 0 Å². The molecule has 3 aromatic carbocycles. The van der Waals surface area contributed by atoms with E-state index in [4.69, 9.17) is 25.6 Å². The molecule has 0 aliphatic carbocycles. The number of nitrogen functional groups attached to an aromatic ring is 1. The van der Waals surface area contributed by atoms with Gasteiger partial charge in [0.05, 0.1) is 30.6 Å². The molecule has 0 atom stereocenters. The summed E-state index contributed by atoms with van der Waals surface area (Å²) in [6.07, 6.45) is -0.219. The zero-order chi connectivity index (χ0) is 26.5. The lowest BCUT2D eigenvalue weighted by Crippen LogP contribution is -2.20. The first-order chi connectivity index (χ1) is 17.8. The van der Waals surface area contributed by atoms with Crippen LogP contribution in [0.25, 0.3) is 11.3 Å². The molecule has 0 saturated carbocycles. The molecule has 1 aromatic heterocycles. The van der Waals surface area contributed by atoms with Crippen molar-refractivity contribution in [3.05, 3.63) is 89.6 Å². The molecule has 0 aliphatic rings. The predicted molar refractivity (Wildman–Crippen MR) is 145 cm³/mol. The molecule has 4 aromatic rings. The quantitative estimate of drug-likeness (QED) is 0.174. The third-order valence-corrected chi connectivity index (χ3v) is 5.74. The van der Waals surface area contributed by atoms with Gasteiger partial charge in [0, 0.05) is 34.6 Å². The van der Waals surface area contributed by atoms with Gasteiger partial charge in [0.1, 0.15) is 17.4 Å². The Morgan fingerprint density at radius 3 is 2.43 bits per heavy atom. The fourth-order valence-corrected chi connectivity index (χ4v) is 4.11. The Balaban J connectivity index is 1.82. The maximum absolute atomic E-state index is 15.9. The summed E-state index contributed by atoms with van der Waals surface area (Å²) >= 11 is 0. The summed E-state index contributed by atoms with van der Waals surface area (Å²) in [7, 11) is 0. The first kappa shape index (κ1) is 25.8. The molecule has 0 unspecified atom stereocenters. The van der Waals surface area contributed by atoms with Gasteiger partial charge in [-0.1, -0.05) is 30.3 Å². The van der Waals surface area contributed by atoms with Gasteiger partial charge in [-0.15, -0.1) is 0 Å². The molecule has 0 saturated heterocycles. The molecule has 4 rings (SSSR count). The van der Waals surface area contributed by atoms with Crippen LogP contribution < -0.4 is 20.1 Å². The number of amidine groups is 1. The molecule has 0 aliphatic heterocycles. The fourth-order valence-electron chi connectivity index (χ4n) is 4.11. The molecule has 0 spiro atoms. The van der Waals surface area contributed by atoms with Crippen molar-refractivity contribution in [2.75, 3.05) is 11.5 Å². The van der Waals surface area contributed by atoms with E-state index in [9.17, 15) is 0 Å². The van der Waals surface area contributed by atoms with Crippen molar-refractivity contribution in [2.24, 2.45) is 5.73 Å². The monoisotopic (exact) mass is 501 g/mol. The maximum atomic E-state index is 15.9. The second-order valence-corrected chi connectivity index (χ2v) is 8.92. The number of aryl methyl sites for hydroxylation is 1. The van der Waals surface area contributed by atoms with Crippen LogP contribution in [-0.2, 0) is 6.54 Å². The Morgan fingerprint density at radius 1 is 1.11 bits per heavy atom. The highest BCUT2D eigenvalue weighted by Crippen LogP contribution is 2.38. The Bertz CT molecular complexity index is 1370. The number of aromatic amines is 1. The second-order valence-electron chi connectivity index (χ2n) is 8.92. The van der Waals surface area contributed by atoms with E-state index in [1.54, 1.807) is 36.4 Å². The molecule has 7 nitrogen and oxygen atoms in total. The van der Waals surface area contributed by atoms with E-state index >= 15 is 4.39 Å². The summed E-state index contributed by atoms with van der Waals surface area (Å²) < 4.78 is 27.5. The number of nitrogens with zero attached hydrogens (tertiary/aromatic N) is 2. The molecule has 192 valence electrons. The van der Waals surface area contributed by atoms with Crippen molar-refractivity contribution < 1.29 is 13.9 Å². The van der Waals surface area contributed by atoms with Crippen molar-refractivity contribution in [1.82, 2.24) is 9.97 Å². The average Bonchev–Trinajstić information content (AvgIpc) is 3.25. The summed E-state index contributed by atoms with van der Waals surface area (Å²) in [6, 6.07) is 20.2. The summed E-state index contributed by atoms with van der Waals surface area (Å²) in [5, 5.41) is 7.72. The minimum atomic E-state index is -0.501. The van der Waals surface area contributed by atoms with Crippen molar-refractivity contribution in [1.29, 1.82) is 5.41 Å². The first-order valence-electron chi connectivity index (χ1n) is 12.2. The maximum Gasteiger partial charge on any atom is 0.188 e. The van der Waals surface area contributed by atoms with Crippen LogP contribution in [0, 0.1) is 18.2 Å². The highest BCUT2D eigenvalue weighted by atomic mass is 19.1. The van der Waals surface area contributed by atoms with Gasteiger partial charge in [0.15, 0.2) is 11.6 Å². The highest BCUT2D eigenvalue weighted by molar-refractivity contribution is 5.95. The number of aromatic nitrogens is 2. The Hall–Kier alpha value is -4.33. The van der Waals surface area contributed by atoms with Crippen LogP contribution in [0.15, 0.2) is 66.7 Å². The van der Waals surface area contributed by atoms with Gasteiger partial charge in [0.2, 0.25) is 0 Å². The molecule has 0 amide bonds. The van der Waals surface area contributed by atoms with Crippen molar-refractivity contribution in [3.63, 3.8) is 0 Å². The van der Waals surface area contributed by atoms with E-state index < -0.39 is 5.82 Å². The third-order valence-electron chi connectivity index (χ3n) is 5.74. The lowest BCUT2D eigenvalue weighted by atomic mass is 10.1. The smallest absolute Gasteiger partial charge is 0.188 e. The van der Waals surface area contributed by atoms with Gasteiger partial charge < -0.3 is 25.1 Å². The zero-order valence-electron chi connectivity index (χ0n) is 21.5. The second kappa shape index (κ2) is 11.2. The topological polar surface area (TPSA) is 100 Å². The molecule has 8 heteroatoms. The number of H-pyrrole nitrogens is 1. The number of benzene rings is 3. The minimum absolute atomic E-state index is 0.0376. The van der Waals surface area contributed by atoms with Gasteiger partial charge in [-0.2, -0.15) is 0 Å². The van der Waals surface area contributed by atoms with Crippen molar-refractivity contribution >= 4 is 17.2 Å². The molecule has 37 heavy (non-hydrogen) atoms. The van der Waals surface area contributed by atoms with E-state index in [2.05, 4.69) is 4.98 Å². The largest absolute Gasteiger partial charge is 0.494 e.